The molecule has 2 rings (SSSR count). The summed E-state index contributed by atoms with van der Waals surface area (Å²) in [5, 5.41) is 5.72. The lowest BCUT2D eigenvalue weighted by molar-refractivity contribution is -0.167. The number of hydrogen-bond donors (Lipinski definition) is 2. The molecule has 9 heteroatoms. The van der Waals surface area contributed by atoms with E-state index in [2.05, 4.69) is 10.5 Å². The van der Waals surface area contributed by atoms with Gasteiger partial charge in [-0.25, -0.2) is 5.43 Å². The van der Waals surface area contributed by atoms with E-state index in [4.69, 9.17) is 4.74 Å². The van der Waals surface area contributed by atoms with Gasteiger partial charge in [-0.1, -0.05) is 24.3 Å². The molecule has 0 aliphatic rings. The Morgan fingerprint density at radius 1 is 1.04 bits per heavy atom. The molecule has 0 fully saturated rings. The number of carbonyl (C=O) groups excluding carboxylic acids is 2. The average Bonchev–Trinajstić information content (AvgIpc) is 2.65. The molecule has 0 unspecified atom stereocenters. The number of amides is 2. The molecule has 0 aromatic heterocycles. The average molecular weight is 379 g/mol. The van der Waals surface area contributed by atoms with Gasteiger partial charge in [-0.2, -0.15) is 18.3 Å². The van der Waals surface area contributed by atoms with Gasteiger partial charge in [-0.3, -0.25) is 9.59 Å². The van der Waals surface area contributed by atoms with E-state index >= 15 is 0 Å². The molecular weight excluding hydrogens is 363 g/mol. The highest BCUT2D eigenvalue weighted by molar-refractivity contribution is 6.02. The van der Waals surface area contributed by atoms with Crippen molar-refractivity contribution in [3.05, 3.63) is 59.7 Å². The van der Waals surface area contributed by atoms with Crippen LogP contribution in [0, 0.1) is 0 Å². The third-order valence-electron chi connectivity index (χ3n) is 3.49. The molecular formula is C18H16F3N3O3. The molecule has 27 heavy (non-hydrogen) atoms. The van der Waals surface area contributed by atoms with Crippen molar-refractivity contribution in [2.45, 2.75) is 13.1 Å². The van der Waals surface area contributed by atoms with E-state index in [1.807, 2.05) is 0 Å². The number of alkyl halides is 3. The van der Waals surface area contributed by atoms with Gasteiger partial charge in [0.2, 0.25) is 0 Å². The molecule has 0 saturated carbocycles. The fourth-order valence-electron chi connectivity index (χ4n) is 2.09. The Kier molecular flexibility index (Phi) is 6.17. The third-order valence-corrected chi connectivity index (χ3v) is 3.49. The quantitative estimate of drug-likeness (QED) is 0.618. The molecule has 0 radical (unpaired) electrons. The van der Waals surface area contributed by atoms with Crippen molar-refractivity contribution >= 4 is 23.2 Å². The second-order valence-electron chi connectivity index (χ2n) is 5.37. The van der Waals surface area contributed by atoms with Crippen LogP contribution in [-0.4, -0.2) is 30.8 Å². The predicted octanol–water partition coefficient (Wildman–Crippen LogP) is 3.35. The van der Waals surface area contributed by atoms with E-state index in [1.165, 1.54) is 31.4 Å². The van der Waals surface area contributed by atoms with E-state index in [1.54, 1.807) is 36.5 Å². The molecule has 0 spiro atoms. The number of nitrogens with zero attached hydrogens (tertiary/aromatic N) is 1. The lowest BCUT2D eigenvalue weighted by atomic mass is 10.1. The number of ether oxygens (including phenoxy) is 1. The van der Waals surface area contributed by atoms with Crippen LogP contribution in [0.25, 0.3) is 0 Å². The molecule has 0 atom stereocenters. The fraction of sp³-hybridized carbons (Fsp3) is 0.167. The second kappa shape index (κ2) is 8.35. The maximum Gasteiger partial charge on any atom is 0.471 e. The number of nitrogens with one attached hydrogen (secondary N) is 2. The van der Waals surface area contributed by atoms with Gasteiger partial charge < -0.3 is 10.1 Å². The smallest absolute Gasteiger partial charge is 0.471 e. The summed E-state index contributed by atoms with van der Waals surface area (Å²) in [6, 6.07) is 12.2. The van der Waals surface area contributed by atoms with Gasteiger partial charge in [0, 0.05) is 5.69 Å². The Morgan fingerprint density at radius 2 is 1.67 bits per heavy atom. The van der Waals surface area contributed by atoms with Gasteiger partial charge >= 0.3 is 12.1 Å². The van der Waals surface area contributed by atoms with Crippen LogP contribution >= 0.6 is 0 Å². The SMILES string of the molecule is COc1ccccc1C(=O)N/N=C(\C)c1ccc(NC(=O)C(F)(F)F)cc1. The highest BCUT2D eigenvalue weighted by Gasteiger charge is 2.38. The standard InChI is InChI=1S/C18H16F3N3O3/c1-11(23-24-16(25)14-5-3-4-6-15(14)27-2)12-7-9-13(10-8-12)22-17(26)18(19,20)21/h3-10H,1-2H3,(H,22,26)(H,24,25)/b23-11+. The van der Waals surface area contributed by atoms with Crippen LogP contribution in [-0.2, 0) is 4.79 Å². The predicted molar refractivity (Wildman–Crippen MR) is 93.8 cm³/mol. The number of anilines is 1. The van der Waals surface area contributed by atoms with E-state index in [0.717, 1.165) is 0 Å². The van der Waals surface area contributed by atoms with Crippen molar-refractivity contribution in [1.82, 2.24) is 5.43 Å². The summed E-state index contributed by atoms with van der Waals surface area (Å²) in [6.07, 6.45) is -4.96. The first-order valence-corrected chi connectivity index (χ1v) is 7.68. The molecule has 0 saturated heterocycles. The van der Waals surface area contributed by atoms with Crippen LogP contribution in [0.3, 0.4) is 0 Å². The zero-order chi connectivity index (χ0) is 20.0. The number of carbonyl (C=O) groups is 2. The van der Waals surface area contributed by atoms with E-state index in [-0.39, 0.29) is 5.69 Å². The number of hydrazone groups is 1. The number of methoxy groups -OCH3 is 1. The highest BCUT2D eigenvalue weighted by atomic mass is 19.4. The Labute approximate surface area is 153 Å². The van der Waals surface area contributed by atoms with Crippen LogP contribution in [0.5, 0.6) is 5.75 Å². The third kappa shape index (κ3) is 5.30. The molecule has 2 aromatic rings. The molecule has 2 aromatic carbocycles. The first-order chi connectivity index (χ1) is 12.7. The van der Waals surface area contributed by atoms with Crippen LogP contribution in [0.2, 0.25) is 0 Å². The molecule has 0 heterocycles. The van der Waals surface area contributed by atoms with Gasteiger partial charge in [0.15, 0.2) is 0 Å². The summed E-state index contributed by atoms with van der Waals surface area (Å²) < 4.78 is 41.8. The summed E-state index contributed by atoms with van der Waals surface area (Å²) in [5.41, 5.74) is 3.67. The van der Waals surface area contributed by atoms with E-state index in [0.29, 0.717) is 22.6 Å². The van der Waals surface area contributed by atoms with Crippen molar-refractivity contribution in [2.75, 3.05) is 12.4 Å². The van der Waals surface area contributed by atoms with Gasteiger partial charge in [-0.15, -0.1) is 0 Å². The second-order valence-corrected chi connectivity index (χ2v) is 5.37. The van der Waals surface area contributed by atoms with Gasteiger partial charge in [0.25, 0.3) is 5.91 Å². The number of halogens is 3. The van der Waals surface area contributed by atoms with Crippen LogP contribution < -0.4 is 15.5 Å². The van der Waals surface area contributed by atoms with Crippen LogP contribution in [0.15, 0.2) is 53.6 Å². The lowest BCUT2D eigenvalue weighted by Crippen LogP contribution is -2.29. The number of benzene rings is 2. The molecule has 6 nitrogen and oxygen atoms in total. The maximum atomic E-state index is 12.2. The fourth-order valence-corrected chi connectivity index (χ4v) is 2.09. The molecule has 2 amide bonds. The van der Waals surface area contributed by atoms with Gasteiger partial charge in [0.1, 0.15) is 5.75 Å². The largest absolute Gasteiger partial charge is 0.496 e. The first-order valence-electron chi connectivity index (χ1n) is 7.68. The summed E-state index contributed by atoms with van der Waals surface area (Å²) in [6.45, 7) is 1.62. The first kappa shape index (κ1) is 20.0. The maximum absolute atomic E-state index is 12.2. The number of para-hydroxylation sites is 1. The Hall–Kier alpha value is -3.36. The zero-order valence-electron chi connectivity index (χ0n) is 14.4. The van der Waals surface area contributed by atoms with Crippen LogP contribution in [0.4, 0.5) is 18.9 Å². The summed E-state index contributed by atoms with van der Waals surface area (Å²) in [4.78, 5) is 23.1. The highest BCUT2D eigenvalue weighted by Crippen LogP contribution is 2.19. The lowest BCUT2D eigenvalue weighted by Gasteiger charge is -2.09. The molecule has 142 valence electrons. The summed E-state index contributed by atoms with van der Waals surface area (Å²) in [7, 11) is 1.44. The molecule has 0 aliphatic carbocycles. The van der Waals surface area contributed by atoms with Crippen molar-refractivity contribution in [2.24, 2.45) is 5.10 Å². The normalized spacial score (nSPS) is 11.7. The Bertz CT molecular complexity index is 862. The van der Waals surface area contributed by atoms with Gasteiger partial charge in [-0.05, 0) is 36.8 Å². The summed E-state index contributed by atoms with van der Waals surface area (Å²) in [5.74, 6) is -2.13. The molecule has 0 bridgehead atoms. The van der Waals surface area contributed by atoms with E-state index in [9.17, 15) is 22.8 Å². The zero-order valence-corrected chi connectivity index (χ0v) is 14.4. The Balaban J connectivity index is 2.05. The van der Waals surface area contributed by atoms with E-state index < -0.39 is 18.0 Å². The minimum absolute atomic E-state index is 0.00747. The van der Waals surface area contributed by atoms with Crippen molar-refractivity contribution < 1.29 is 27.5 Å². The van der Waals surface area contributed by atoms with Crippen LogP contribution in [0.1, 0.15) is 22.8 Å². The molecule has 0 aliphatic heterocycles. The van der Waals surface area contributed by atoms with Gasteiger partial charge in [0.05, 0.1) is 18.4 Å². The minimum Gasteiger partial charge on any atom is -0.496 e. The van der Waals surface area contributed by atoms with Crippen molar-refractivity contribution in [3.63, 3.8) is 0 Å². The van der Waals surface area contributed by atoms with Crippen molar-refractivity contribution in [3.8, 4) is 5.75 Å². The summed E-state index contributed by atoms with van der Waals surface area (Å²) >= 11 is 0. The topological polar surface area (TPSA) is 79.8 Å². The number of hydrogen-bond acceptors (Lipinski definition) is 4. The van der Waals surface area contributed by atoms with Crippen molar-refractivity contribution in [1.29, 1.82) is 0 Å². The Morgan fingerprint density at radius 3 is 2.26 bits per heavy atom. The molecule has 2 N–H and O–H groups in total. The minimum atomic E-state index is -4.96. The number of rotatable bonds is 5. The monoisotopic (exact) mass is 379 g/mol.